The van der Waals surface area contributed by atoms with E-state index >= 15 is 0 Å². The van der Waals surface area contributed by atoms with Gasteiger partial charge in [0.15, 0.2) is 5.12 Å². The summed E-state index contributed by atoms with van der Waals surface area (Å²) in [5.74, 6) is -0.307. The minimum atomic E-state index is -0.385. The lowest BCUT2D eigenvalue weighted by molar-refractivity contribution is -0.126. The van der Waals surface area contributed by atoms with Crippen molar-refractivity contribution >= 4 is 45.2 Å². The number of anilines is 1. The van der Waals surface area contributed by atoms with Crippen molar-refractivity contribution in [2.75, 3.05) is 17.2 Å². The van der Waals surface area contributed by atoms with Crippen molar-refractivity contribution in [2.24, 2.45) is 5.92 Å². The molecule has 0 spiro atoms. The van der Waals surface area contributed by atoms with Crippen molar-refractivity contribution in [3.63, 3.8) is 0 Å². The zero-order chi connectivity index (χ0) is 19.6. The summed E-state index contributed by atoms with van der Waals surface area (Å²) in [6.45, 7) is 5.64. The summed E-state index contributed by atoms with van der Waals surface area (Å²) in [4.78, 5) is 39.0. The highest BCUT2D eigenvalue weighted by molar-refractivity contribution is 8.14. The molecule has 6 heteroatoms. The molecule has 0 radical (unpaired) electrons. The molecule has 1 fully saturated rings. The Morgan fingerprint density at radius 1 is 1.15 bits per heavy atom. The number of nitrogens with one attached hydrogen (secondary N) is 1. The van der Waals surface area contributed by atoms with Crippen molar-refractivity contribution in [3.05, 3.63) is 42.5 Å². The van der Waals surface area contributed by atoms with Crippen LogP contribution in [0.5, 0.6) is 0 Å². The Hall–Kier alpha value is -2.34. The first-order valence-corrected chi connectivity index (χ1v) is 9.99. The van der Waals surface area contributed by atoms with Crippen LogP contribution >= 0.6 is 11.8 Å². The van der Waals surface area contributed by atoms with Crippen molar-refractivity contribution in [3.8, 4) is 0 Å². The molecular formula is C21H24N2O3S. The molecule has 0 aromatic heterocycles. The summed E-state index contributed by atoms with van der Waals surface area (Å²) in [6, 6.07) is 13.5. The van der Waals surface area contributed by atoms with Crippen molar-refractivity contribution < 1.29 is 14.4 Å². The van der Waals surface area contributed by atoms with E-state index in [1.165, 1.54) is 16.7 Å². The normalized spacial score (nSPS) is 17.1. The van der Waals surface area contributed by atoms with Gasteiger partial charge in [-0.05, 0) is 32.2 Å². The Labute approximate surface area is 163 Å². The molecule has 1 N–H and O–H groups in total. The van der Waals surface area contributed by atoms with Gasteiger partial charge in [-0.15, -0.1) is 0 Å². The van der Waals surface area contributed by atoms with Gasteiger partial charge in [-0.25, -0.2) is 0 Å². The molecule has 142 valence electrons. The highest BCUT2D eigenvalue weighted by Crippen LogP contribution is 2.32. The molecule has 1 aliphatic heterocycles. The lowest BCUT2D eigenvalue weighted by Gasteiger charge is -2.28. The lowest BCUT2D eigenvalue weighted by Crippen LogP contribution is -2.48. The summed E-state index contributed by atoms with van der Waals surface area (Å²) >= 11 is 1.19. The Bertz CT molecular complexity index is 883. The minimum absolute atomic E-state index is 0.0327. The fraction of sp³-hybridized carbons (Fsp3) is 0.381. The standard InChI is InChI=1S/C21H24N2O3S/c1-21(2,3)22-18(24)12-23(20(26)15-11-19(25)27-13-15)17-10-6-8-14-7-4-5-9-16(14)17/h4-10,15H,11-13H2,1-3H3,(H,22,24)/t15-/m0/s1. The van der Waals surface area contributed by atoms with E-state index in [4.69, 9.17) is 0 Å². The van der Waals surface area contributed by atoms with Gasteiger partial charge in [0.2, 0.25) is 11.8 Å². The van der Waals surface area contributed by atoms with Crippen LogP contribution in [0.1, 0.15) is 27.2 Å². The van der Waals surface area contributed by atoms with E-state index in [0.29, 0.717) is 11.4 Å². The summed E-state index contributed by atoms with van der Waals surface area (Å²) in [7, 11) is 0. The average molecular weight is 385 g/mol. The lowest BCUT2D eigenvalue weighted by atomic mass is 10.0. The number of benzene rings is 2. The maximum absolute atomic E-state index is 13.2. The summed E-state index contributed by atoms with van der Waals surface area (Å²) in [6.07, 6.45) is 0.228. The number of carbonyl (C=O) groups is 3. The van der Waals surface area contributed by atoms with Gasteiger partial charge in [0.25, 0.3) is 0 Å². The summed E-state index contributed by atoms with van der Waals surface area (Å²) < 4.78 is 0. The molecule has 1 atom stereocenters. The molecule has 1 aliphatic rings. The van der Waals surface area contributed by atoms with E-state index in [-0.39, 0.29) is 41.4 Å². The van der Waals surface area contributed by atoms with E-state index in [9.17, 15) is 14.4 Å². The van der Waals surface area contributed by atoms with Gasteiger partial charge in [0, 0.05) is 23.1 Å². The van der Waals surface area contributed by atoms with Crippen molar-refractivity contribution in [2.45, 2.75) is 32.7 Å². The molecule has 1 heterocycles. The number of amides is 2. The van der Waals surface area contributed by atoms with E-state index in [1.807, 2.05) is 63.2 Å². The fourth-order valence-electron chi connectivity index (χ4n) is 3.22. The van der Waals surface area contributed by atoms with Crippen molar-refractivity contribution in [1.82, 2.24) is 5.32 Å². The zero-order valence-electron chi connectivity index (χ0n) is 15.8. The van der Waals surface area contributed by atoms with Gasteiger partial charge < -0.3 is 10.2 Å². The Kier molecular flexibility index (Phi) is 5.56. The van der Waals surface area contributed by atoms with Gasteiger partial charge in [-0.3, -0.25) is 14.4 Å². The fourth-order valence-corrected chi connectivity index (χ4v) is 4.18. The second-order valence-corrected chi connectivity index (χ2v) is 8.88. The van der Waals surface area contributed by atoms with Crippen LogP contribution < -0.4 is 10.2 Å². The van der Waals surface area contributed by atoms with Gasteiger partial charge in [0.1, 0.15) is 6.54 Å². The quantitative estimate of drug-likeness (QED) is 0.878. The third-order valence-electron chi connectivity index (χ3n) is 4.35. The SMILES string of the molecule is CC(C)(C)NC(=O)CN(C(=O)[C@@H]1CSC(=O)C1)c1cccc2ccccc12. The van der Waals surface area contributed by atoms with Gasteiger partial charge in [0.05, 0.1) is 11.6 Å². The first-order valence-electron chi connectivity index (χ1n) is 9.00. The third-order valence-corrected chi connectivity index (χ3v) is 5.41. The molecule has 27 heavy (non-hydrogen) atoms. The van der Waals surface area contributed by atoms with Crippen LogP contribution in [0.4, 0.5) is 5.69 Å². The van der Waals surface area contributed by atoms with Crippen LogP contribution in [-0.4, -0.2) is 34.8 Å². The minimum Gasteiger partial charge on any atom is -0.350 e. The highest BCUT2D eigenvalue weighted by atomic mass is 32.2. The smallest absolute Gasteiger partial charge is 0.240 e. The predicted molar refractivity (Wildman–Crippen MR) is 110 cm³/mol. The summed E-state index contributed by atoms with van der Waals surface area (Å²) in [5, 5.41) is 4.86. The first kappa shape index (κ1) is 19.4. The molecule has 0 saturated carbocycles. The molecule has 2 aromatic carbocycles. The number of hydrogen-bond donors (Lipinski definition) is 1. The molecule has 5 nitrogen and oxygen atoms in total. The number of thioether (sulfide) groups is 1. The van der Waals surface area contributed by atoms with E-state index in [2.05, 4.69) is 5.32 Å². The van der Waals surface area contributed by atoms with E-state index in [1.54, 1.807) is 0 Å². The summed E-state index contributed by atoms with van der Waals surface area (Å²) in [5.41, 5.74) is 0.315. The average Bonchev–Trinajstić information content (AvgIpc) is 3.03. The highest BCUT2D eigenvalue weighted by Gasteiger charge is 2.34. The maximum Gasteiger partial charge on any atom is 0.240 e. The topological polar surface area (TPSA) is 66.5 Å². The van der Waals surface area contributed by atoms with Crippen LogP contribution in [0, 0.1) is 5.92 Å². The van der Waals surface area contributed by atoms with Gasteiger partial charge in [-0.1, -0.05) is 48.2 Å². The van der Waals surface area contributed by atoms with Gasteiger partial charge in [-0.2, -0.15) is 0 Å². The number of rotatable bonds is 4. The molecule has 0 aliphatic carbocycles. The van der Waals surface area contributed by atoms with Crippen LogP contribution in [-0.2, 0) is 14.4 Å². The Morgan fingerprint density at radius 3 is 2.52 bits per heavy atom. The largest absolute Gasteiger partial charge is 0.350 e. The first-order chi connectivity index (χ1) is 12.7. The maximum atomic E-state index is 13.2. The molecule has 1 saturated heterocycles. The Balaban J connectivity index is 1.97. The predicted octanol–water partition coefficient (Wildman–Crippen LogP) is 3.37. The number of nitrogens with zero attached hydrogens (tertiary/aromatic N) is 1. The number of carbonyl (C=O) groups excluding carboxylic acids is 3. The van der Waals surface area contributed by atoms with Crippen molar-refractivity contribution in [1.29, 1.82) is 0 Å². The molecule has 2 aromatic rings. The molecule has 0 unspecified atom stereocenters. The van der Waals surface area contributed by atoms with Gasteiger partial charge >= 0.3 is 0 Å². The van der Waals surface area contributed by atoms with Crippen LogP contribution in [0.25, 0.3) is 10.8 Å². The second-order valence-electron chi connectivity index (χ2n) is 7.80. The monoisotopic (exact) mass is 384 g/mol. The molecular weight excluding hydrogens is 360 g/mol. The van der Waals surface area contributed by atoms with Crippen LogP contribution in [0.3, 0.4) is 0 Å². The molecule has 2 amide bonds. The number of hydrogen-bond acceptors (Lipinski definition) is 4. The molecule has 0 bridgehead atoms. The van der Waals surface area contributed by atoms with E-state index in [0.717, 1.165) is 10.8 Å². The van der Waals surface area contributed by atoms with Crippen LogP contribution in [0.15, 0.2) is 42.5 Å². The second kappa shape index (κ2) is 7.72. The van der Waals surface area contributed by atoms with Crippen LogP contribution in [0.2, 0.25) is 0 Å². The molecule has 3 rings (SSSR count). The third kappa shape index (κ3) is 4.69. The Morgan fingerprint density at radius 2 is 1.85 bits per heavy atom. The number of fused-ring (bicyclic) bond motifs is 1. The van der Waals surface area contributed by atoms with E-state index < -0.39 is 0 Å². The zero-order valence-corrected chi connectivity index (χ0v) is 16.6.